The number of rotatable bonds is 1. The summed E-state index contributed by atoms with van der Waals surface area (Å²) >= 11 is 3.13. The first-order chi connectivity index (χ1) is 8.74. The van der Waals surface area contributed by atoms with Crippen LogP contribution in [0.25, 0.3) is 0 Å². The van der Waals surface area contributed by atoms with Crippen LogP contribution in [0.5, 0.6) is 5.06 Å². The third-order valence-corrected chi connectivity index (χ3v) is 5.07. The van der Waals surface area contributed by atoms with Crippen LogP contribution < -0.4 is 4.72 Å². The third kappa shape index (κ3) is 2.28. The van der Waals surface area contributed by atoms with Crippen molar-refractivity contribution in [3.63, 3.8) is 0 Å². The van der Waals surface area contributed by atoms with Crippen LogP contribution in [0.3, 0.4) is 0 Å². The molecule has 3 rings (SSSR count). The van der Waals surface area contributed by atoms with Gasteiger partial charge >= 0.3 is 0 Å². The first-order valence-electron chi connectivity index (χ1n) is 5.99. The van der Waals surface area contributed by atoms with Crippen molar-refractivity contribution in [1.82, 2.24) is 4.72 Å². The van der Waals surface area contributed by atoms with E-state index in [0.29, 0.717) is 11.0 Å². The van der Waals surface area contributed by atoms with Gasteiger partial charge in [0.1, 0.15) is 0 Å². The Kier molecular flexibility index (Phi) is 3.33. The van der Waals surface area contributed by atoms with E-state index in [0.717, 1.165) is 13.0 Å². The standard InChI is InChI=1S/C14H15NOS2/c1-9-3-2-4-13-12(9)5-10(7-15-18-13)11-6-14(16)17-8-11/h2-4,6,8,10,15-16H,5,7H2,1H3. The van der Waals surface area contributed by atoms with Gasteiger partial charge in [0.2, 0.25) is 0 Å². The lowest BCUT2D eigenvalue weighted by atomic mass is 9.92. The topological polar surface area (TPSA) is 32.3 Å². The molecule has 1 aliphatic heterocycles. The Bertz CT molecular complexity index is 565. The number of hydrogen-bond donors (Lipinski definition) is 2. The molecule has 2 N–H and O–H groups in total. The zero-order valence-electron chi connectivity index (χ0n) is 10.1. The first kappa shape index (κ1) is 12.1. The lowest BCUT2D eigenvalue weighted by molar-refractivity contribution is 0.490. The fraction of sp³-hybridized carbons (Fsp3) is 0.286. The fourth-order valence-electron chi connectivity index (χ4n) is 2.36. The van der Waals surface area contributed by atoms with Crippen LogP contribution in [-0.2, 0) is 6.42 Å². The molecule has 1 aromatic carbocycles. The smallest absolute Gasteiger partial charge is 0.171 e. The van der Waals surface area contributed by atoms with Crippen LogP contribution in [0.1, 0.15) is 22.6 Å². The number of benzene rings is 1. The summed E-state index contributed by atoms with van der Waals surface area (Å²) < 4.78 is 3.43. The van der Waals surface area contributed by atoms with Gasteiger partial charge in [0.05, 0.1) is 0 Å². The summed E-state index contributed by atoms with van der Waals surface area (Å²) in [6.45, 7) is 3.11. The summed E-state index contributed by atoms with van der Waals surface area (Å²) in [4.78, 5) is 1.33. The number of fused-ring (bicyclic) bond motifs is 1. The molecule has 94 valence electrons. The predicted molar refractivity (Wildman–Crippen MR) is 77.5 cm³/mol. The van der Waals surface area contributed by atoms with Gasteiger partial charge in [-0.3, -0.25) is 4.72 Å². The number of thiophene rings is 1. The molecule has 1 unspecified atom stereocenters. The maximum atomic E-state index is 9.50. The second-order valence-electron chi connectivity index (χ2n) is 4.62. The van der Waals surface area contributed by atoms with Crippen molar-refractivity contribution in [3.8, 4) is 5.06 Å². The Morgan fingerprint density at radius 2 is 2.28 bits per heavy atom. The van der Waals surface area contributed by atoms with E-state index < -0.39 is 0 Å². The van der Waals surface area contributed by atoms with Gasteiger partial charge in [-0.05, 0) is 59.5 Å². The minimum Gasteiger partial charge on any atom is -0.499 e. The van der Waals surface area contributed by atoms with E-state index in [-0.39, 0.29) is 0 Å². The van der Waals surface area contributed by atoms with Crippen molar-refractivity contribution >= 4 is 23.3 Å². The van der Waals surface area contributed by atoms with Gasteiger partial charge in [0.25, 0.3) is 0 Å². The van der Waals surface area contributed by atoms with Gasteiger partial charge in [-0.2, -0.15) is 0 Å². The highest BCUT2D eigenvalue weighted by atomic mass is 32.2. The molecule has 18 heavy (non-hydrogen) atoms. The highest BCUT2D eigenvalue weighted by Gasteiger charge is 2.20. The second kappa shape index (κ2) is 4.96. The van der Waals surface area contributed by atoms with E-state index in [2.05, 4.69) is 35.2 Å². The van der Waals surface area contributed by atoms with Gasteiger partial charge in [0, 0.05) is 17.4 Å². The minimum atomic E-state index is 0.409. The van der Waals surface area contributed by atoms with Crippen LogP contribution in [0.15, 0.2) is 34.5 Å². The molecule has 2 nitrogen and oxygen atoms in total. The number of hydrogen-bond acceptors (Lipinski definition) is 4. The minimum absolute atomic E-state index is 0.409. The van der Waals surface area contributed by atoms with E-state index in [4.69, 9.17) is 0 Å². The second-order valence-corrected chi connectivity index (χ2v) is 6.44. The molecule has 0 bridgehead atoms. The summed E-state index contributed by atoms with van der Waals surface area (Å²) in [5, 5.41) is 12.0. The van der Waals surface area contributed by atoms with E-state index in [9.17, 15) is 5.11 Å². The molecular weight excluding hydrogens is 262 g/mol. The summed E-state index contributed by atoms with van der Waals surface area (Å²) in [6.07, 6.45) is 1.04. The fourth-order valence-corrected chi connectivity index (χ4v) is 4.04. The predicted octanol–water partition coefficient (Wildman–Crippen LogP) is 3.70. The van der Waals surface area contributed by atoms with E-state index >= 15 is 0 Å². The molecule has 0 saturated carbocycles. The van der Waals surface area contributed by atoms with Crippen molar-refractivity contribution in [1.29, 1.82) is 0 Å². The van der Waals surface area contributed by atoms with Crippen LogP contribution >= 0.6 is 23.3 Å². The van der Waals surface area contributed by atoms with Crippen LogP contribution in [0.4, 0.5) is 0 Å². The number of nitrogens with one attached hydrogen (secondary N) is 1. The molecule has 0 saturated heterocycles. The average molecular weight is 277 g/mol. The Morgan fingerprint density at radius 3 is 3.06 bits per heavy atom. The van der Waals surface area contributed by atoms with Crippen LogP contribution in [0.2, 0.25) is 0 Å². The van der Waals surface area contributed by atoms with Gasteiger partial charge in [-0.1, -0.05) is 12.1 Å². The van der Waals surface area contributed by atoms with Crippen LogP contribution in [-0.4, -0.2) is 11.7 Å². The van der Waals surface area contributed by atoms with E-state index in [1.807, 2.05) is 6.07 Å². The Balaban J connectivity index is 1.95. The molecule has 0 amide bonds. The zero-order valence-corrected chi connectivity index (χ0v) is 11.8. The highest BCUT2D eigenvalue weighted by molar-refractivity contribution is 7.97. The number of aromatic hydroxyl groups is 1. The van der Waals surface area contributed by atoms with E-state index in [1.165, 1.54) is 32.9 Å². The maximum Gasteiger partial charge on any atom is 0.171 e. The first-order valence-corrected chi connectivity index (χ1v) is 7.69. The SMILES string of the molecule is Cc1cccc2c1CC(c1csc(O)c1)CNS2. The van der Waals surface area contributed by atoms with Crippen LogP contribution in [0, 0.1) is 6.92 Å². The van der Waals surface area contributed by atoms with Crippen molar-refractivity contribution in [2.45, 2.75) is 24.2 Å². The molecule has 4 heteroatoms. The lowest BCUT2D eigenvalue weighted by Gasteiger charge is -2.14. The zero-order chi connectivity index (χ0) is 12.5. The largest absolute Gasteiger partial charge is 0.499 e. The van der Waals surface area contributed by atoms with Gasteiger partial charge in [-0.15, -0.1) is 11.3 Å². The molecule has 0 radical (unpaired) electrons. The summed E-state index contributed by atoms with van der Waals surface area (Å²) in [7, 11) is 0. The van der Waals surface area contributed by atoms with Crippen molar-refractivity contribution in [3.05, 3.63) is 46.3 Å². The molecule has 2 heterocycles. The summed E-state index contributed by atoms with van der Waals surface area (Å²) in [6, 6.07) is 8.35. The summed E-state index contributed by atoms with van der Waals surface area (Å²) in [5.74, 6) is 0.442. The molecular formula is C14H15NOS2. The molecule has 1 atom stereocenters. The quantitative estimate of drug-likeness (QED) is 0.780. The molecule has 0 fully saturated rings. The molecule has 2 aromatic rings. The third-order valence-electron chi connectivity index (χ3n) is 3.41. The Hall–Kier alpha value is -0.970. The van der Waals surface area contributed by atoms with Gasteiger partial charge < -0.3 is 5.11 Å². The molecule has 0 aliphatic carbocycles. The molecule has 0 spiro atoms. The highest BCUT2D eigenvalue weighted by Crippen LogP contribution is 2.35. The molecule has 1 aliphatic rings. The van der Waals surface area contributed by atoms with Crippen molar-refractivity contribution in [2.24, 2.45) is 0 Å². The average Bonchev–Trinajstić information content (AvgIpc) is 2.66. The number of aryl methyl sites for hydroxylation is 1. The van der Waals surface area contributed by atoms with Crippen molar-refractivity contribution in [2.75, 3.05) is 6.54 Å². The lowest BCUT2D eigenvalue weighted by Crippen LogP contribution is -2.14. The normalized spacial score (nSPS) is 19.3. The Labute approximate surface area is 115 Å². The van der Waals surface area contributed by atoms with Gasteiger partial charge in [-0.25, -0.2) is 0 Å². The van der Waals surface area contributed by atoms with Crippen molar-refractivity contribution < 1.29 is 5.11 Å². The van der Waals surface area contributed by atoms with Gasteiger partial charge in [0.15, 0.2) is 5.06 Å². The maximum absolute atomic E-state index is 9.50. The summed E-state index contributed by atoms with van der Waals surface area (Å²) in [5.41, 5.74) is 4.03. The monoisotopic (exact) mass is 277 g/mol. The van der Waals surface area contributed by atoms with E-state index in [1.54, 1.807) is 11.9 Å². The Morgan fingerprint density at radius 1 is 1.39 bits per heavy atom. The molecule has 1 aromatic heterocycles.